The topological polar surface area (TPSA) is 53.9 Å². The zero-order chi connectivity index (χ0) is 23.0. The fraction of sp³-hybridized carbons (Fsp3) is 0.440. The third kappa shape index (κ3) is 4.62. The summed E-state index contributed by atoms with van der Waals surface area (Å²) in [5.41, 5.74) is 2.58. The summed E-state index contributed by atoms with van der Waals surface area (Å²) in [5.74, 6) is 1.21. The number of benzene rings is 1. The lowest BCUT2D eigenvalue weighted by Gasteiger charge is -2.29. The normalized spacial score (nSPS) is 17.8. The molecule has 0 amide bonds. The van der Waals surface area contributed by atoms with Gasteiger partial charge in [0.15, 0.2) is 0 Å². The minimum atomic E-state index is -4.35. The summed E-state index contributed by atoms with van der Waals surface area (Å²) >= 11 is 0. The molecule has 5 rings (SSSR count). The monoisotopic (exact) mass is 456 g/mol. The maximum absolute atomic E-state index is 12.9. The number of rotatable bonds is 4. The minimum absolute atomic E-state index is 0.0385. The fourth-order valence-electron chi connectivity index (χ4n) is 5.04. The number of nitrogens with zero attached hydrogens (tertiary/aromatic N) is 3. The highest BCUT2D eigenvalue weighted by molar-refractivity contribution is 5.38. The van der Waals surface area contributed by atoms with Crippen LogP contribution in [0.15, 0.2) is 47.4 Å². The Morgan fingerprint density at radius 3 is 2.55 bits per heavy atom. The first kappa shape index (κ1) is 21.9. The van der Waals surface area contributed by atoms with Crippen LogP contribution in [0.3, 0.4) is 0 Å². The SMILES string of the molecule is O=c1[nH]c(C2CCCCC2)nc2c1CN(Cc1cccn1-c1ccc(C(F)(F)F)cc1)CC2. The second kappa shape index (κ2) is 8.82. The number of fused-ring (bicyclic) bond motifs is 1. The van der Waals surface area contributed by atoms with E-state index in [9.17, 15) is 18.0 Å². The van der Waals surface area contributed by atoms with Gasteiger partial charge in [0.2, 0.25) is 0 Å². The second-order valence-electron chi connectivity index (χ2n) is 9.09. The van der Waals surface area contributed by atoms with Crippen LogP contribution in [0.25, 0.3) is 5.69 Å². The van der Waals surface area contributed by atoms with Crippen LogP contribution in [0.5, 0.6) is 0 Å². The lowest BCUT2D eigenvalue weighted by atomic mass is 9.88. The molecule has 0 spiro atoms. The molecular weight excluding hydrogens is 429 g/mol. The first-order valence-electron chi connectivity index (χ1n) is 11.6. The number of nitrogens with one attached hydrogen (secondary N) is 1. The lowest BCUT2D eigenvalue weighted by Crippen LogP contribution is -2.36. The first-order valence-corrected chi connectivity index (χ1v) is 11.6. The van der Waals surface area contributed by atoms with Crippen LogP contribution in [0.2, 0.25) is 0 Å². The smallest absolute Gasteiger partial charge is 0.320 e. The molecule has 5 nitrogen and oxygen atoms in total. The Morgan fingerprint density at radius 1 is 1.06 bits per heavy atom. The van der Waals surface area contributed by atoms with Gasteiger partial charge >= 0.3 is 6.18 Å². The zero-order valence-corrected chi connectivity index (χ0v) is 18.4. The summed E-state index contributed by atoms with van der Waals surface area (Å²) in [6, 6.07) is 9.02. The Bertz CT molecular complexity index is 1170. The van der Waals surface area contributed by atoms with Crippen molar-refractivity contribution in [1.82, 2.24) is 19.4 Å². The Kier molecular flexibility index (Phi) is 5.86. The maximum atomic E-state index is 12.9. The Balaban J connectivity index is 1.32. The van der Waals surface area contributed by atoms with E-state index in [2.05, 4.69) is 9.88 Å². The molecule has 1 aliphatic heterocycles. The number of aromatic nitrogens is 3. The molecule has 1 N–H and O–H groups in total. The van der Waals surface area contributed by atoms with Crippen molar-refractivity contribution in [3.63, 3.8) is 0 Å². The van der Waals surface area contributed by atoms with E-state index in [1.807, 2.05) is 22.9 Å². The molecule has 2 aliphatic rings. The summed E-state index contributed by atoms with van der Waals surface area (Å²) in [7, 11) is 0. The standard InChI is InChI=1S/C25H27F3N4O/c26-25(27,28)18-8-10-19(11-9-18)32-13-4-7-20(32)15-31-14-12-22-21(16-31)24(33)30-23(29-22)17-5-2-1-3-6-17/h4,7-11,13,17H,1-3,5-6,12,14-16H2,(H,29,30,33). The van der Waals surface area contributed by atoms with Crippen LogP contribution in [0, 0.1) is 0 Å². The third-order valence-corrected chi connectivity index (χ3v) is 6.85. The molecule has 2 aromatic heterocycles. The van der Waals surface area contributed by atoms with Gasteiger partial charge in [-0.2, -0.15) is 13.2 Å². The van der Waals surface area contributed by atoms with Crippen molar-refractivity contribution >= 4 is 0 Å². The molecule has 1 aromatic carbocycles. The average Bonchev–Trinajstić information content (AvgIpc) is 3.27. The van der Waals surface area contributed by atoms with Crippen molar-refractivity contribution < 1.29 is 13.2 Å². The van der Waals surface area contributed by atoms with Gasteiger partial charge in [0.25, 0.3) is 5.56 Å². The van der Waals surface area contributed by atoms with Gasteiger partial charge < -0.3 is 9.55 Å². The molecule has 1 fully saturated rings. The Labute approximate surface area is 190 Å². The fourth-order valence-corrected chi connectivity index (χ4v) is 5.04. The van der Waals surface area contributed by atoms with E-state index in [0.29, 0.717) is 24.7 Å². The number of hydrogen-bond donors (Lipinski definition) is 1. The third-order valence-electron chi connectivity index (χ3n) is 6.85. The molecule has 8 heteroatoms. The molecule has 0 bridgehead atoms. The minimum Gasteiger partial charge on any atom is -0.320 e. The van der Waals surface area contributed by atoms with Crippen LogP contribution in [-0.4, -0.2) is 26.0 Å². The molecule has 33 heavy (non-hydrogen) atoms. The van der Waals surface area contributed by atoms with Gasteiger partial charge in [-0.05, 0) is 49.2 Å². The van der Waals surface area contributed by atoms with E-state index in [4.69, 9.17) is 4.98 Å². The number of halogens is 3. The summed E-state index contributed by atoms with van der Waals surface area (Å²) in [5, 5.41) is 0. The predicted molar refractivity (Wildman–Crippen MR) is 119 cm³/mol. The molecule has 0 radical (unpaired) electrons. The molecule has 1 saturated carbocycles. The van der Waals surface area contributed by atoms with Crippen LogP contribution >= 0.6 is 0 Å². The quantitative estimate of drug-likeness (QED) is 0.588. The van der Waals surface area contributed by atoms with Crippen LogP contribution in [0.1, 0.15) is 66.4 Å². The average molecular weight is 457 g/mol. The Morgan fingerprint density at radius 2 is 1.82 bits per heavy atom. The molecule has 174 valence electrons. The van der Waals surface area contributed by atoms with Crippen molar-refractivity contribution in [2.45, 2.75) is 63.7 Å². The van der Waals surface area contributed by atoms with Crippen molar-refractivity contribution in [1.29, 1.82) is 0 Å². The van der Waals surface area contributed by atoms with Crippen molar-refractivity contribution in [3.8, 4) is 5.69 Å². The van der Waals surface area contributed by atoms with Crippen molar-refractivity contribution in [3.05, 3.63) is 81.3 Å². The molecule has 1 aliphatic carbocycles. The number of alkyl halides is 3. The van der Waals surface area contributed by atoms with E-state index in [1.54, 1.807) is 0 Å². The van der Waals surface area contributed by atoms with E-state index >= 15 is 0 Å². The molecule has 0 unspecified atom stereocenters. The molecular formula is C25H27F3N4O. The Hall–Kier alpha value is -2.87. The van der Waals surface area contributed by atoms with Gasteiger partial charge in [0.05, 0.1) is 16.8 Å². The summed E-state index contributed by atoms with van der Waals surface area (Å²) in [6.45, 7) is 1.89. The van der Waals surface area contributed by atoms with Crippen molar-refractivity contribution in [2.24, 2.45) is 0 Å². The summed E-state index contributed by atoms with van der Waals surface area (Å²) in [6.07, 6.45) is 4.05. The van der Waals surface area contributed by atoms with E-state index in [-0.39, 0.29) is 5.56 Å². The van der Waals surface area contributed by atoms with Crippen LogP contribution < -0.4 is 5.56 Å². The predicted octanol–water partition coefficient (Wildman–Crippen LogP) is 5.19. The van der Waals surface area contributed by atoms with Crippen LogP contribution in [0.4, 0.5) is 13.2 Å². The maximum Gasteiger partial charge on any atom is 0.416 e. The van der Waals surface area contributed by atoms with E-state index in [0.717, 1.165) is 60.7 Å². The van der Waals surface area contributed by atoms with Gasteiger partial charge in [-0.3, -0.25) is 9.69 Å². The lowest BCUT2D eigenvalue weighted by molar-refractivity contribution is -0.137. The molecule has 0 saturated heterocycles. The number of hydrogen-bond acceptors (Lipinski definition) is 3. The van der Waals surface area contributed by atoms with Gasteiger partial charge in [-0.1, -0.05) is 19.3 Å². The van der Waals surface area contributed by atoms with E-state index < -0.39 is 11.7 Å². The van der Waals surface area contributed by atoms with Gasteiger partial charge in [-0.25, -0.2) is 4.98 Å². The second-order valence-corrected chi connectivity index (χ2v) is 9.09. The highest BCUT2D eigenvalue weighted by atomic mass is 19.4. The summed E-state index contributed by atoms with van der Waals surface area (Å²) < 4.78 is 40.6. The molecule has 3 aromatic rings. The van der Waals surface area contributed by atoms with E-state index in [1.165, 1.54) is 31.4 Å². The first-order chi connectivity index (χ1) is 15.9. The molecule has 3 heterocycles. The van der Waals surface area contributed by atoms with Crippen LogP contribution in [-0.2, 0) is 25.7 Å². The molecule has 0 atom stereocenters. The zero-order valence-electron chi connectivity index (χ0n) is 18.4. The number of aromatic amines is 1. The van der Waals surface area contributed by atoms with Gasteiger partial charge in [0, 0.05) is 49.6 Å². The largest absolute Gasteiger partial charge is 0.416 e. The number of H-pyrrole nitrogens is 1. The van der Waals surface area contributed by atoms with Crippen molar-refractivity contribution in [2.75, 3.05) is 6.54 Å². The highest BCUT2D eigenvalue weighted by Gasteiger charge is 2.30. The highest BCUT2D eigenvalue weighted by Crippen LogP contribution is 2.31. The van der Waals surface area contributed by atoms with Gasteiger partial charge in [-0.15, -0.1) is 0 Å². The summed E-state index contributed by atoms with van der Waals surface area (Å²) in [4.78, 5) is 22.9. The van der Waals surface area contributed by atoms with Gasteiger partial charge in [0.1, 0.15) is 5.82 Å².